The lowest BCUT2D eigenvalue weighted by atomic mass is 10.1. The van der Waals surface area contributed by atoms with Gasteiger partial charge in [0.05, 0.1) is 25.4 Å². The highest BCUT2D eigenvalue weighted by Crippen LogP contribution is 2.33. The molecule has 3 aliphatic heterocycles. The predicted octanol–water partition coefficient (Wildman–Crippen LogP) is 1.99. The maximum atomic E-state index is 13.0. The number of piperidine rings is 1. The highest BCUT2D eigenvalue weighted by atomic mass is 16.5. The van der Waals surface area contributed by atoms with Crippen LogP contribution in [0.3, 0.4) is 0 Å². The topological polar surface area (TPSA) is 45.3 Å². The molecule has 2 saturated heterocycles. The highest BCUT2D eigenvalue weighted by molar-refractivity contribution is 5.83. The van der Waals surface area contributed by atoms with Crippen LogP contribution < -0.4 is 9.64 Å². The molecule has 6 heteroatoms. The molecular weight excluding hydrogens is 342 g/mol. The average molecular weight is 373 g/mol. The molecule has 3 aliphatic rings. The van der Waals surface area contributed by atoms with Gasteiger partial charge in [-0.1, -0.05) is 12.1 Å². The summed E-state index contributed by atoms with van der Waals surface area (Å²) in [4.78, 5) is 19.8. The molecule has 0 radical (unpaired) electrons. The Bertz CT molecular complexity index is 627. The van der Waals surface area contributed by atoms with Crippen LogP contribution in [0.25, 0.3) is 0 Å². The fraction of sp³-hybridized carbons (Fsp3) is 0.667. The quantitative estimate of drug-likeness (QED) is 0.790. The summed E-state index contributed by atoms with van der Waals surface area (Å²) in [5.41, 5.74) is 1.11. The number of amides is 1. The van der Waals surface area contributed by atoms with Gasteiger partial charge in [-0.2, -0.15) is 0 Å². The summed E-state index contributed by atoms with van der Waals surface area (Å²) in [7, 11) is 0. The lowest BCUT2D eigenvalue weighted by Gasteiger charge is -2.38. The summed E-state index contributed by atoms with van der Waals surface area (Å²) in [6.45, 7) is 8.14. The Morgan fingerprint density at radius 2 is 1.78 bits per heavy atom. The van der Waals surface area contributed by atoms with Crippen LogP contribution in [0, 0.1) is 0 Å². The van der Waals surface area contributed by atoms with Gasteiger partial charge in [0.1, 0.15) is 5.75 Å². The molecule has 1 aromatic rings. The minimum Gasteiger partial charge on any atom is -0.477 e. The summed E-state index contributed by atoms with van der Waals surface area (Å²) in [5.74, 6) is 0.993. The maximum Gasteiger partial charge on any atom is 0.265 e. The van der Waals surface area contributed by atoms with Crippen molar-refractivity contribution in [2.24, 2.45) is 0 Å². The van der Waals surface area contributed by atoms with Crippen molar-refractivity contribution in [2.75, 3.05) is 63.9 Å². The number of rotatable bonds is 5. The van der Waals surface area contributed by atoms with E-state index in [0.29, 0.717) is 6.54 Å². The molecule has 148 valence electrons. The first-order valence-electron chi connectivity index (χ1n) is 10.4. The first-order valence-corrected chi connectivity index (χ1v) is 10.4. The minimum atomic E-state index is -0.388. The van der Waals surface area contributed by atoms with E-state index in [4.69, 9.17) is 9.47 Å². The number of anilines is 1. The molecule has 0 N–H and O–H groups in total. The van der Waals surface area contributed by atoms with Crippen LogP contribution in [0.15, 0.2) is 24.3 Å². The molecule has 1 aromatic carbocycles. The van der Waals surface area contributed by atoms with E-state index in [9.17, 15) is 4.79 Å². The van der Waals surface area contributed by atoms with Gasteiger partial charge in [0.25, 0.3) is 5.91 Å². The largest absolute Gasteiger partial charge is 0.477 e. The molecule has 3 heterocycles. The minimum absolute atomic E-state index is 0.155. The van der Waals surface area contributed by atoms with Crippen molar-refractivity contribution in [3.63, 3.8) is 0 Å². The number of hydrogen-bond donors (Lipinski definition) is 0. The van der Waals surface area contributed by atoms with Gasteiger partial charge < -0.3 is 19.3 Å². The Hall–Kier alpha value is -1.79. The van der Waals surface area contributed by atoms with Gasteiger partial charge in [-0.3, -0.25) is 9.69 Å². The van der Waals surface area contributed by atoms with E-state index in [2.05, 4.69) is 15.9 Å². The van der Waals surface area contributed by atoms with Crippen LogP contribution in [-0.4, -0.2) is 80.8 Å². The molecule has 1 amide bonds. The van der Waals surface area contributed by atoms with Crippen molar-refractivity contribution in [3.8, 4) is 5.75 Å². The van der Waals surface area contributed by atoms with E-state index >= 15 is 0 Å². The number of hydrogen-bond acceptors (Lipinski definition) is 5. The molecule has 2 fully saturated rings. The number of ether oxygens (including phenoxy) is 2. The SMILES string of the molecule is O=C(C1CN(CCCN2CCOCC2)c2ccccc2O1)N1CCCCC1. The molecule has 0 aromatic heterocycles. The monoisotopic (exact) mass is 373 g/mol. The van der Waals surface area contributed by atoms with Gasteiger partial charge in [-0.05, 0) is 37.8 Å². The highest BCUT2D eigenvalue weighted by Gasteiger charge is 2.33. The zero-order chi connectivity index (χ0) is 18.5. The van der Waals surface area contributed by atoms with Crippen LogP contribution >= 0.6 is 0 Å². The number of benzene rings is 1. The lowest BCUT2D eigenvalue weighted by molar-refractivity contribution is -0.139. The van der Waals surface area contributed by atoms with E-state index in [1.54, 1.807) is 0 Å². The van der Waals surface area contributed by atoms with Crippen molar-refractivity contribution >= 4 is 11.6 Å². The molecule has 0 saturated carbocycles. The number of fused-ring (bicyclic) bond motifs is 1. The second kappa shape index (κ2) is 8.93. The Morgan fingerprint density at radius 1 is 1.00 bits per heavy atom. The molecule has 27 heavy (non-hydrogen) atoms. The van der Waals surface area contributed by atoms with E-state index in [0.717, 1.165) is 83.2 Å². The van der Waals surface area contributed by atoms with Gasteiger partial charge in [0.2, 0.25) is 0 Å². The molecule has 0 aliphatic carbocycles. The van der Waals surface area contributed by atoms with Crippen molar-refractivity contribution in [1.29, 1.82) is 0 Å². The number of likely N-dealkylation sites (tertiary alicyclic amines) is 1. The third-order valence-electron chi connectivity index (χ3n) is 5.81. The Kier molecular flexibility index (Phi) is 6.14. The predicted molar refractivity (Wildman–Crippen MR) is 105 cm³/mol. The number of morpholine rings is 1. The first kappa shape index (κ1) is 18.6. The Labute approximate surface area is 162 Å². The Balaban J connectivity index is 1.39. The van der Waals surface area contributed by atoms with Crippen molar-refractivity contribution in [1.82, 2.24) is 9.80 Å². The van der Waals surface area contributed by atoms with Gasteiger partial charge in [0, 0.05) is 39.3 Å². The van der Waals surface area contributed by atoms with Gasteiger partial charge >= 0.3 is 0 Å². The number of carbonyl (C=O) groups excluding carboxylic acids is 1. The number of nitrogens with zero attached hydrogens (tertiary/aromatic N) is 3. The van der Waals surface area contributed by atoms with E-state index in [-0.39, 0.29) is 12.0 Å². The summed E-state index contributed by atoms with van der Waals surface area (Å²) >= 11 is 0. The Morgan fingerprint density at radius 3 is 2.59 bits per heavy atom. The first-order chi connectivity index (χ1) is 13.3. The molecule has 1 atom stereocenters. The normalized spacial score (nSPS) is 23.6. The standard InChI is InChI=1S/C21H31N3O3/c25-21(23-10-4-1-5-11-23)20-17-24(18-7-2-3-8-19(18)27-20)12-6-9-22-13-15-26-16-14-22/h2-3,7-8,20H,1,4-6,9-17H2. The third kappa shape index (κ3) is 4.55. The van der Waals surface area contributed by atoms with Crippen molar-refractivity contribution < 1.29 is 14.3 Å². The van der Waals surface area contributed by atoms with Crippen molar-refractivity contribution in [3.05, 3.63) is 24.3 Å². The van der Waals surface area contributed by atoms with E-state index in [1.807, 2.05) is 23.1 Å². The average Bonchev–Trinajstić information content (AvgIpc) is 2.74. The molecule has 1 unspecified atom stereocenters. The number of para-hydroxylation sites is 2. The van der Waals surface area contributed by atoms with Gasteiger partial charge in [0.15, 0.2) is 6.10 Å². The van der Waals surface area contributed by atoms with Crippen LogP contribution in [0.1, 0.15) is 25.7 Å². The summed E-state index contributed by atoms with van der Waals surface area (Å²) in [6.07, 6.45) is 4.14. The zero-order valence-corrected chi connectivity index (χ0v) is 16.1. The van der Waals surface area contributed by atoms with Gasteiger partial charge in [-0.25, -0.2) is 0 Å². The zero-order valence-electron chi connectivity index (χ0n) is 16.1. The maximum absolute atomic E-state index is 13.0. The fourth-order valence-electron chi connectivity index (χ4n) is 4.28. The lowest BCUT2D eigenvalue weighted by Crippen LogP contribution is -2.52. The van der Waals surface area contributed by atoms with Crippen LogP contribution in [0.2, 0.25) is 0 Å². The van der Waals surface area contributed by atoms with E-state index < -0.39 is 0 Å². The molecule has 4 rings (SSSR count). The molecule has 6 nitrogen and oxygen atoms in total. The van der Waals surface area contributed by atoms with Crippen LogP contribution in [-0.2, 0) is 9.53 Å². The summed E-state index contributed by atoms with van der Waals surface area (Å²) < 4.78 is 11.5. The van der Waals surface area contributed by atoms with Crippen molar-refractivity contribution in [2.45, 2.75) is 31.8 Å². The summed E-state index contributed by atoms with van der Waals surface area (Å²) in [6, 6.07) is 8.12. The number of carbonyl (C=O) groups is 1. The summed E-state index contributed by atoms with van der Waals surface area (Å²) in [5, 5.41) is 0. The second-order valence-electron chi connectivity index (χ2n) is 7.71. The van der Waals surface area contributed by atoms with Gasteiger partial charge in [-0.15, -0.1) is 0 Å². The molecule has 0 bridgehead atoms. The van der Waals surface area contributed by atoms with E-state index in [1.165, 1.54) is 6.42 Å². The second-order valence-corrected chi connectivity index (χ2v) is 7.71. The van der Waals surface area contributed by atoms with Crippen LogP contribution in [0.5, 0.6) is 5.75 Å². The fourth-order valence-corrected chi connectivity index (χ4v) is 4.28. The smallest absolute Gasteiger partial charge is 0.265 e. The molecule has 0 spiro atoms. The third-order valence-corrected chi connectivity index (χ3v) is 5.81. The van der Waals surface area contributed by atoms with Crippen LogP contribution in [0.4, 0.5) is 5.69 Å². The molecular formula is C21H31N3O3.